The zero-order valence-corrected chi connectivity index (χ0v) is 10.3. The van der Waals surface area contributed by atoms with Crippen molar-refractivity contribution in [2.45, 2.75) is 27.7 Å². The summed E-state index contributed by atoms with van der Waals surface area (Å²) in [4.78, 5) is 0. The van der Waals surface area contributed by atoms with E-state index in [2.05, 4.69) is 4.72 Å². The summed E-state index contributed by atoms with van der Waals surface area (Å²) in [5.74, 6) is 0. The first-order chi connectivity index (χ1) is 6.56. The van der Waals surface area contributed by atoms with Crippen LogP contribution in [0.5, 0.6) is 0 Å². The van der Waals surface area contributed by atoms with Crippen molar-refractivity contribution in [1.29, 1.82) is 0 Å². The van der Waals surface area contributed by atoms with Crippen molar-refractivity contribution in [3.05, 3.63) is 24.6 Å². The molecule has 0 bridgehead atoms. The number of hydrogen-bond acceptors (Lipinski definition) is 3. The Morgan fingerprint density at radius 3 is 1.79 bits per heavy atom. The summed E-state index contributed by atoms with van der Waals surface area (Å²) >= 11 is 0. The molecule has 0 aliphatic carbocycles. The summed E-state index contributed by atoms with van der Waals surface area (Å²) in [5.41, 5.74) is 0. The van der Waals surface area contributed by atoms with E-state index in [9.17, 15) is 8.42 Å². The second-order valence-electron chi connectivity index (χ2n) is 1.59. The van der Waals surface area contributed by atoms with Gasteiger partial charge in [-0.15, -0.1) is 0 Å². The molecular formula is C9H21NO3S. The molecule has 0 fully saturated rings. The van der Waals surface area contributed by atoms with Gasteiger partial charge in [0.2, 0.25) is 10.0 Å². The van der Waals surface area contributed by atoms with E-state index in [-0.39, 0.29) is 0 Å². The van der Waals surface area contributed by atoms with Crippen LogP contribution in [0.4, 0.5) is 0 Å². The lowest BCUT2D eigenvalue weighted by Gasteiger charge is -1.91. The molecule has 5 heteroatoms. The number of rotatable bonds is 3. The predicted octanol–water partition coefficient (Wildman–Crippen LogP) is 2.17. The standard InChI is InChI=1S/C5H9NO3S.2C2H6/c1-10(8,9)6-4-2-3-5-7;2*1-2/h2-7H,1H3;2*1-2H3/b4-2+,5-3+;;. The Morgan fingerprint density at radius 1 is 1.07 bits per heavy atom. The van der Waals surface area contributed by atoms with Crippen LogP contribution in [0.1, 0.15) is 27.7 Å². The minimum absolute atomic E-state index is 0.806. The second-order valence-corrected chi connectivity index (χ2v) is 3.37. The SMILES string of the molecule is CC.CC.CS(=O)(=O)N/C=C/C=C/O. The van der Waals surface area contributed by atoms with Crippen molar-refractivity contribution in [2.24, 2.45) is 0 Å². The number of hydrogen-bond donors (Lipinski definition) is 2. The van der Waals surface area contributed by atoms with E-state index < -0.39 is 10.0 Å². The van der Waals surface area contributed by atoms with Gasteiger partial charge in [0.05, 0.1) is 12.5 Å². The molecule has 0 atom stereocenters. The van der Waals surface area contributed by atoms with Gasteiger partial charge in [0.25, 0.3) is 0 Å². The zero-order chi connectivity index (χ0) is 12.0. The fourth-order valence-electron chi connectivity index (χ4n) is 0.268. The van der Waals surface area contributed by atoms with Crippen molar-refractivity contribution in [1.82, 2.24) is 4.72 Å². The number of sulfonamides is 1. The van der Waals surface area contributed by atoms with Gasteiger partial charge < -0.3 is 5.11 Å². The third-order valence-corrected chi connectivity index (χ3v) is 1.14. The van der Waals surface area contributed by atoms with Crippen LogP contribution in [0.15, 0.2) is 24.6 Å². The van der Waals surface area contributed by atoms with Crippen LogP contribution in [0.2, 0.25) is 0 Å². The summed E-state index contributed by atoms with van der Waals surface area (Å²) in [5, 5.41) is 8.09. The van der Waals surface area contributed by atoms with Gasteiger partial charge in [-0.05, 0) is 12.2 Å². The topological polar surface area (TPSA) is 66.4 Å². The summed E-state index contributed by atoms with van der Waals surface area (Å²) < 4.78 is 22.8. The van der Waals surface area contributed by atoms with Crippen molar-refractivity contribution in [2.75, 3.05) is 6.26 Å². The molecule has 0 aliphatic heterocycles. The molecule has 2 N–H and O–H groups in total. The first kappa shape index (κ1) is 18.7. The maximum Gasteiger partial charge on any atom is 0.229 e. The zero-order valence-electron chi connectivity index (χ0n) is 9.48. The molecule has 86 valence electrons. The Balaban J connectivity index is -0.000000266. The molecule has 0 heterocycles. The summed E-state index contributed by atoms with van der Waals surface area (Å²) in [6.07, 6.45) is 5.71. The summed E-state index contributed by atoms with van der Waals surface area (Å²) in [6, 6.07) is 0. The van der Waals surface area contributed by atoms with Gasteiger partial charge in [0, 0.05) is 6.20 Å². The van der Waals surface area contributed by atoms with Gasteiger partial charge in [-0.25, -0.2) is 8.42 Å². The molecule has 0 rings (SSSR count). The average molecular weight is 223 g/mol. The Hall–Kier alpha value is -0.970. The highest BCUT2D eigenvalue weighted by Crippen LogP contribution is 1.75. The van der Waals surface area contributed by atoms with E-state index >= 15 is 0 Å². The molecule has 0 aromatic carbocycles. The maximum absolute atomic E-state index is 10.3. The van der Waals surface area contributed by atoms with Gasteiger partial charge in [-0.3, -0.25) is 4.72 Å². The van der Waals surface area contributed by atoms with Crippen LogP contribution in [-0.4, -0.2) is 19.8 Å². The quantitative estimate of drug-likeness (QED) is 0.569. The van der Waals surface area contributed by atoms with E-state index in [1.807, 2.05) is 27.7 Å². The lowest BCUT2D eigenvalue weighted by molar-refractivity contribution is 0.473. The van der Waals surface area contributed by atoms with Crippen LogP contribution >= 0.6 is 0 Å². The van der Waals surface area contributed by atoms with Gasteiger partial charge in [0.1, 0.15) is 0 Å². The largest absolute Gasteiger partial charge is 0.516 e. The minimum Gasteiger partial charge on any atom is -0.516 e. The number of aliphatic hydroxyl groups is 1. The molecule has 0 aliphatic rings. The molecule has 0 radical (unpaired) electrons. The van der Waals surface area contributed by atoms with Gasteiger partial charge in [-0.1, -0.05) is 27.7 Å². The first-order valence-corrected chi connectivity index (χ1v) is 6.38. The molecular weight excluding hydrogens is 202 g/mol. The van der Waals surface area contributed by atoms with Crippen molar-refractivity contribution >= 4 is 10.0 Å². The number of allylic oxidation sites excluding steroid dienone is 2. The van der Waals surface area contributed by atoms with Crippen LogP contribution in [0, 0.1) is 0 Å². The Kier molecular flexibility index (Phi) is 19.5. The average Bonchev–Trinajstić information content (AvgIpc) is 2.18. The molecule has 4 nitrogen and oxygen atoms in total. The highest BCUT2D eigenvalue weighted by molar-refractivity contribution is 7.88. The van der Waals surface area contributed by atoms with Gasteiger partial charge in [0.15, 0.2) is 0 Å². The molecule has 0 unspecified atom stereocenters. The highest BCUT2D eigenvalue weighted by Gasteiger charge is 1.90. The summed E-state index contributed by atoms with van der Waals surface area (Å²) in [7, 11) is -3.16. The van der Waals surface area contributed by atoms with Crippen LogP contribution in [0.25, 0.3) is 0 Å². The van der Waals surface area contributed by atoms with E-state index in [1.54, 1.807) is 0 Å². The van der Waals surface area contributed by atoms with Gasteiger partial charge in [-0.2, -0.15) is 0 Å². The fraction of sp³-hybridized carbons (Fsp3) is 0.556. The molecule has 0 aromatic heterocycles. The maximum atomic E-state index is 10.3. The van der Waals surface area contributed by atoms with Crippen LogP contribution < -0.4 is 4.72 Å². The fourth-order valence-corrected chi connectivity index (χ4v) is 0.594. The normalized spacial score (nSPS) is 10.1. The number of aliphatic hydroxyl groups excluding tert-OH is 1. The van der Waals surface area contributed by atoms with E-state index in [0.717, 1.165) is 12.5 Å². The number of nitrogens with one attached hydrogen (secondary N) is 1. The van der Waals surface area contributed by atoms with E-state index in [4.69, 9.17) is 5.11 Å². The Bertz CT molecular complexity index is 230. The molecule has 0 amide bonds. The molecule has 0 saturated heterocycles. The van der Waals surface area contributed by atoms with Crippen molar-refractivity contribution in [3.8, 4) is 0 Å². The monoisotopic (exact) mass is 223 g/mol. The second kappa shape index (κ2) is 14.5. The minimum atomic E-state index is -3.16. The molecule has 14 heavy (non-hydrogen) atoms. The Morgan fingerprint density at radius 2 is 1.50 bits per heavy atom. The van der Waals surface area contributed by atoms with E-state index in [1.165, 1.54) is 18.4 Å². The lowest BCUT2D eigenvalue weighted by Crippen LogP contribution is -2.14. The molecule has 0 aromatic rings. The van der Waals surface area contributed by atoms with Crippen LogP contribution in [-0.2, 0) is 10.0 Å². The smallest absolute Gasteiger partial charge is 0.229 e. The third kappa shape index (κ3) is 30.5. The van der Waals surface area contributed by atoms with Crippen molar-refractivity contribution < 1.29 is 13.5 Å². The Labute approximate surface area is 87.4 Å². The van der Waals surface area contributed by atoms with Crippen LogP contribution in [0.3, 0.4) is 0 Å². The molecule has 0 spiro atoms. The van der Waals surface area contributed by atoms with Gasteiger partial charge >= 0.3 is 0 Å². The third-order valence-electron chi connectivity index (χ3n) is 0.576. The highest BCUT2D eigenvalue weighted by atomic mass is 32.2. The van der Waals surface area contributed by atoms with E-state index in [0.29, 0.717) is 0 Å². The first-order valence-electron chi connectivity index (χ1n) is 4.49. The molecule has 0 saturated carbocycles. The summed E-state index contributed by atoms with van der Waals surface area (Å²) in [6.45, 7) is 8.00. The lowest BCUT2D eigenvalue weighted by atomic mass is 10.6. The predicted molar refractivity (Wildman–Crippen MR) is 61.6 cm³/mol. The van der Waals surface area contributed by atoms with Crippen molar-refractivity contribution in [3.63, 3.8) is 0 Å².